The first-order valence-corrected chi connectivity index (χ1v) is 3.60. The van der Waals surface area contributed by atoms with Crippen LogP contribution in [0, 0.1) is 0 Å². The van der Waals surface area contributed by atoms with E-state index in [2.05, 4.69) is 13.2 Å². The topological polar surface area (TPSA) is 0 Å². The molecule has 1 heteroatoms. The number of allylic oxidation sites excluding steroid dienone is 4. The Kier molecular flexibility index (Phi) is 3.80. The second-order valence-electron chi connectivity index (χ2n) is 2.88. The van der Waals surface area contributed by atoms with Gasteiger partial charge in [-0.25, -0.2) is 4.39 Å². The van der Waals surface area contributed by atoms with E-state index in [0.29, 0.717) is 6.42 Å². The molecule has 0 aromatic rings. The first-order valence-electron chi connectivity index (χ1n) is 3.60. The van der Waals surface area contributed by atoms with E-state index in [1.54, 1.807) is 0 Å². The summed E-state index contributed by atoms with van der Waals surface area (Å²) in [5.41, 5.74) is 3.07. The van der Waals surface area contributed by atoms with Crippen LogP contribution in [0.2, 0.25) is 0 Å². The monoisotopic (exact) mass is 154 g/mol. The van der Waals surface area contributed by atoms with Crippen LogP contribution in [-0.2, 0) is 0 Å². The van der Waals surface area contributed by atoms with Crippen LogP contribution in [0.15, 0.2) is 35.7 Å². The highest BCUT2D eigenvalue weighted by Crippen LogP contribution is 2.18. The van der Waals surface area contributed by atoms with Crippen LogP contribution in [0.25, 0.3) is 0 Å². The van der Waals surface area contributed by atoms with E-state index < -0.39 is 0 Å². The highest BCUT2D eigenvalue weighted by atomic mass is 19.1. The molecule has 0 bridgehead atoms. The minimum atomic E-state index is -0.289. The maximum Gasteiger partial charge on any atom is 0.0968 e. The summed E-state index contributed by atoms with van der Waals surface area (Å²) in [7, 11) is 0. The average molecular weight is 154 g/mol. The quantitative estimate of drug-likeness (QED) is 0.543. The summed E-state index contributed by atoms with van der Waals surface area (Å²) >= 11 is 0. The molecule has 0 unspecified atom stereocenters. The van der Waals surface area contributed by atoms with E-state index in [1.807, 2.05) is 20.8 Å². The SMILES string of the molecule is C=C(F)C/C(C)=C(/C)C(=C)C. The molecule has 0 fully saturated rings. The van der Waals surface area contributed by atoms with Gasteiger partial charge in [-0.1, -0.05) is 24.3 Å². The summed E-state index contributed by atoms with van der Waals surface area (Å²) in [5.74, 6) is -0.289. The molecule has 0 aliphatic rings. The summed E-state index contributed by atoms with van der Waals surface area (Å²) in [6.07, 6.45) is 0.332. The first kappa shape index (κ1) is 10.2. The van der Waals surface area contributed by atoms with Gasteiger partial charge in [0.15, 0.2) is 0 Å². The lowest BCUT2D eigenvalue weighted by atomic mass is 10.0. The van der Waals surface area contributed by atoms with Gasteiger partial charge in [0.1, 0.15) is 0 Å². The van der Waals surface area contributed by atoms with Crippen LogP contribution >= 0.6 is 0 Å². The zero-order chi connectivity index (χ0) is 9.02. The normalized spacial score (nSPS) is 12.4. The van der Waals surface area contributed by atoms with Gasteiger partial charge in [-0.05, 0) is 26.3 Å². The number of hydrogen-bond acceptors (Lipinski definition) is 0. The molecule has 0 amide bonds. The van der Waals surface area contributed by atoms with Crippen molar-refractivity contribution < 1.29 is 4.39 Å². The minimum Gasteiger partial charge on any atom is -0.212 e. The third-order valence-electron chi connectivity index (χ3n) is 1.74. The second-order valence-corrected chi connectivity index (χ2v) is 2.88. The Morgan fingerprint density at radius 2 is 1.64 bits per heavy atom. The van der Waals surface area contributed by atoms with Gasteiger partial charge in [0.2, 0.25) is 0 Å². The van der Waals surface area contributed by atoms with Gasteiger partial charge in [-0.15, -0.1) is 0 Å². The molecule has 62 valence electrons. The van der Waals surface area contributed by atoms with Gasteiger partial charge in [0, 0.05) is 6.42 Å². The highest BCUT2D eigenvalue weighted by Gasteiger charge is 1.99. The molecular formula is C10H15F. The van der Waals surface area contributed by atoms with Crippen molar-refractivity contribution >= 4 is 0 Å². The molecule has 0 nitrogen and oxygen atoms in total. The van der Waals surface area contributed by atoms with E-state index in [0.717, 1.165) is 16.7 Å². The Bertz CT molecular complexity index is 209. The molecule has 0 saturated heterocycles. The largest absolute Gasteiger partial charge is 0.212 e. The van der Waals surface area contributed by atoms with Crippen LogP contribution in [0.1, 0.15) is 27.2 Å². The number of hydrogen-bond donors (Lipinski definition) is 0. The van der Waals surface area contributed by atoms with Gasteiger partial charge in [0.25, 0.3) is 0 Å². The van der Waals surface area contributed by atoms with E-state index in [4.69, 9.17) is 0 Å². The Balaban J connectivity index is 4.40. The van der Waals surface area contributed by atoms with Crippen molar-refractivity contribution in [2.75, 3.05) is 0 Å². The average Bonchev–Trinajstić information content (AvgIpc) is 1.84. The van der Waals surface area contributed by atoms with Gasteiger partial charge >= 0.3 is 0 Å². The molecule has 0 saturated carbocycles. The smallest absolute Gasteiger partial charge is 0.0968 e. The van der Waals surface area contributed by atoms with Crippen LogP contribution < -0.4 is 0 Å². The minimum absolute atomic E-state index is 0.289. The van der Waals surface area contributed by atoms with Crippen LogP contribution in [-0.4, -0.2) is 0 Å². The third-order valence-corrected chi connectivity index (χ3v) is 1.74. The lowest BCUT2D eigenvalue weighted by Gasteiger charge is -2.04. The molecule has 0 N–H and O–H groups in total. The maximum atomic E-state index is 12.3. The number of halogens is 1. The van der Waals surface area contributed by atoms with Crippen LogP contribution in [0.4, 0.5) is 4.39 Å². The zero-order valence-electron chi connectivity index (χ0n) is 7.50. The lowest BCUT2D eigenvalue weighted by molar-refractivity contribution is 0.614. The van der Waals surface area contributed by atoms with Crippen molar-refractivity contribution in [2.45, 2.75) is 27.2 Å². The van der Waals surface area contributed by atoms with Crippen molar-refractivity contribution in [3.05, 3.63) is 35.7 Å². The molecule has 0 rings (SSSR count). The van der Waals surface area contributed by atoms with Crippen LogP contribution in [0.3, 0.4) is 0 Å². The molecule has 0 aromatic carbocycles. The molecule has 11 heavy (non-hydrogen) atoms. The van der Waals surface area contributed by atoms with Gasteiger partial charge in [-0.2, -0.15) is 0 Å². The zero-order valence-corrected chi connectivity index (χ0v) is 7.50. The van der Waals surface area contributed by atoms with Gasteiger partial charge < -0.3 is 0 Å². The fourth-order valence-corrected chi connectivity index (χ4v) is 0.785. The highest BCUT2D eigenvalue weighted by molar-refractivity contribution is 5.30. The Hall–Kier alpha value is -0.850. The summed E-state index contributed by atoms with van der Waals surface area (Å²) in [4.78, 5) is 0. The first-order chi connectivity index (χ1) is 4.95. The second kappa shape index (κ2) is 4.12. The summed E-state index contributed by atoms with van der Waals surface area (Å²) in [6, 6.07) is 0. The standard InChI is InChI=1S/C10H15F/c1-7(2)10(5)8(3)6-9(4)11/h1,4,6H2,2-3,5H3/b10-8-. The summed E-state index contributed by atoms with van der Waals surface area (Å²) in [5, 5.41) is 0. The Labute approximate surface area is 68.1 Å². The predicted octanol–water partition coefficient (Wildman–Crippen LogP) is 3.77. The molecule has 0 aliphatic heterocycles. The van der Waals surface area contributed by atoms with Gasteiger partial charge in [-0.3, -0.25) is 0 Å². The Morgan fingerprint density at radius 3 is 1.91 bits per heavy atom. The Morgan fingerprint density at radius 1 is 1.18 bits per heavy atom. The van der Waals surface area contributed by atoms with Crippen molar-refractivity contribution in [3.63, 3.8) is 0 Å². The molecule has 0 heterocycles. The van der Waals surface area contributed by atoms with E-state index in [-0.39, 0.29) is 5.83 Å². The van der Waals surface area contributed by atoms with Crippen molar-refractivity contribution in [1.82, 2.24) is 0 Å². The molecule has 0 aliphatic carbocycles. The molecule has 0 aromatic heterocycles. The van der Waals surface area contributed by atoms with Gasteiger partial charge in [0.05, 0.1) is 5.83 Å². The van der Waals surface area contributed by atoms with E-state index in [9.17, 15) is 4.39 Å². The van der Waals surface area contributed by atoms with Crippen molar-refractivity contribution in [1.29, 1.82) is 0 Å². The summed E-state index contributed by atoms with van der Waals surface area (Å²) < 4.78 is 12.3. The summed E-state index contributed by atoms with van der Waals surface area (Å²) in [6.45, 7) is 12.7. The van der Waals surface area contributed by atoms with E-state index in [1.165, 1.54) is 0 Å². The third kappa shape index (κ3) is 3.76. The van der Waals surface area contributed by atoms with Crippen LogP contribution in [0.5, 0.6) is 0 Å². The molecular weight excluding hydrogens is 139 g/mol. The van der Waals surface area contributed by atoms with E-state index >= 15 is 0 Å². The predicted molar refractivity (Wildman–Crippen MR) is 48.1 cm³/mol. The molecule has 0 radical (unpaired) electrons. The number of rotatable bonds is 3. The maximum absolute atomic E-state index is 12.3. The van der Waals surface area contributed by atoms with Crippen molar-refractivity contribution in [3.8, 4) is 0 Å². The van der Waals surface area contributed by atoms with Crippen molar-refractivity contribution in [2.24, 2.45) is 0 Å². The molecule has 0 spiro atoms. The fourth-order valence-electron chi connectivity index (χ4n) is 0.785. The lowest BCUT2D eigenvalue weighted by Crippen LogP contribution is -1.85. The fraction of sp³-hybridized carbons (Fsp3) is 0.400. The molecule has 0 atom stereocenters.